The van der Waals surface area contributed by atoms with Crippen LogP contribution in [0.2, 0.25) is 0 Å². The maximum atomic E-state index is 11.9. The highest BCUT2D eigenvalue weighted by Crippen LogP contribution is 2.13. The number of hydrogen-bond donors (Lipinski definition) is 2. The minimum Gasteiger partial charge on any atom is -0.349 e. The minimum absolute atomic E-state index is 0.0338. The van der Waals surface area contributed by atoms with Crippen LogP contribution in [-0.4, -0.2) is 41.9 Å². The SMILES string of the molecule is CCN(CC)C(=O)CCC(=O)NC(CC)(CC)CN. The highest BCUT2D eigenvalue weighted by Gasteiger charge is 2.26. The van der Waals surface area contributed by atoms with Gasteiger partial charge in [0.1, 0.15) is 0 Å². The van der Waals surface area contributed by atoms with E-state index in [1.807, 2.05) is 27.7 Å². The standard InChI is InChI=1S/C14H29N3O2/c1-5-14(6-2,11-15)16-12(18)9-10-13(19)17(7-3)8-4/h5-11,15H2,1-4H3,(H,16,18). The van der Waals surface area contributed by atoms with Crippen molar-refractivity contribution in [1.82, 2.24) is 10.2 Å². The van der Waals surface area contributed by atoms with Crippen LogP contribution in [0.4, 0.5) is 0 Å². The Morgan fingerprint density at radius 3 is 1.95 bits per heavy atom. The molecule has 0 heterocycles. The van der Waals surface area contributed by atoms with Crippen LogP contribution < -0.4 is 11.1 Å². The van der Waals surface area contributed by atoms with Gasteiger partial charge in [0.2, 0.25) is 11.8 Å². The number of hydrogen-bond acceptors (Lipinski definition) is 3. The molecule has 0 aliphatic carbocycles. The Labute approximate surface area is 116 Å². The average molecular weight is 271 g/mol. The Morgan fingerprint density at radius 2 is 1.58 bits per heavy atom. The summed E-state index contributed by atoms with van der Waals surface area (Å²) in [6.45, 7) is 9.70. The van der Waals surface area contributed by atoms with E-state index in [0.717, 1.165) is 12.8 Å². The fourth-order valence-electron chi connectivity index (χ4n) is 2.08. The molecule has 0 radical (unpaired) electrons. The van der Waals surface area contributed by atoms with E-state index in [4.69, 9.17) is 5.73 Å². The molecule has 0 aliphatic heterocycles. The number of amides is 2. The van der Waals surface area contributed by atoms with E-state index in [1.54, 1.807) is 4.90 Å². The van der Waals surface area contributed by atoms with Crippen molar-refractivity contribution >= 4 is 11.8 Å². The van der Waals surface area contributed by atoms with Crippen molar-refractivity contribution in [3.8, 4) is 0 Å². The van der Waals surface area contributed by atoms with E-state index < -0.39 is 0 Å². The van der Waals surface area contributed by atoms with Gasteiger partial charge in [0.05, 0.1) is 5.54 Å². The summed E-state index contributed by atoms with van der Waals surface area (Å²) >= 11 is 0. The summed E-state index contributed by atoms with van der Waals surface area (Å²) in [5.41, 5.74) is 5.41. The molecule has 0 spiro atoms. The lowest BCUT2D eigenvalue weighted by atomic mass is 9.92. The largest absolute Gasteiger partial charge is 0.349 e. The number of carbonyl (C=O) groups is 2. The van der Waals surface area contributed by atoms with Crippen molar-refractivity contribution in [1.29, 1.82) is 0 Å². The molecule has 112 valence electrons. The van der Waals surface area contributed by atoms with Gasteiger partial charge in [0.25, 0.3) is 0 Å². The Hall–Kier alpha value is -1.10. The van der Waals surface area contributed by atoms with Crippen LogP contribution in [0.1, 0.15) is 53.4 Å². The van der Waals surface area contributed by atoms with Crippen LogP contribution >= 0.6 is 0 Å². The van der Waals surface area contributed by atoms with Gasteiger partial charge in [-0.25, -0.2) is 0 Å². The van der Waals surface area contributed by atoms with Crippen molar-refractivity contribution in [3.05, 3.63) is 0 Å². The number of nitrogens with two attached hydrogens (primary N) is 1. The van der Waals surface area contributed by atoms with Crippen molar-refractivity contribution in [2.45, 2.75) is 58.9 Å². The summed E-state index contributed by atoms with van der Waals surface area (Å²) in [6.07, 6.45) is 2.10. The van der Waals surface area contributed by atoms with Crippen molar-refractivity contribution in [2.24, 2.45) is 5.73 Å². The van der Waals surface area contributed by atoms with Gasteiger partial charge in [-0.15, -0.1) is 0 Å². The quantitative estimate of drug-likeness (QED) is 0.663. The van der Waals surface area contributed by atoms with E-state index >= 15 is 0 Å². The molecular weight excluding hydrogens is 242 g/mol. The van der Waals surface area contributed by atoms with Crippen LogP contribution in [0.15, 0.2) is 0 Å². The second kappa shape index (κ2) is 8.91. The first-order chi connectivity index (χ1) is 8.98. The predicted octanol–water partition coefficient (Wildman–Crippen LogP) is 1.27. The first-order valence-corrected chi connectivity index (χ1v) is 7.27. The molecule has 5 nitrogen and oxygen atoms in total. The molecule has 0 aliphatic rings. The van der Waals surface area contributed by atoms with Crippen LogP contribution in [0.5, 0.6) is 0 Å². The molecule has 19 heavy (non-hydrogen) atoms. The van der Waals surface area contributed by atoms with Crippen LogP contribution in [-0.2, 0) is 9.59 Å². The minimum atomic E-state index is -0.324. The zero-order chi connectivity index (χ0) is 14.9. The lowest BCUT2D eigenvalue weighted by Gasteiger charge is -2.31. The second-order valence-electron chi connectivity index (χ2n) is 4.81. The zero-order valence-electron chi connectivity index (χ0n) is 12.8. The van der Waals surface area contributed by atoms with Gasteiger partial charge < -0.3 is 16.0 Å². The first kappa shape index (κ1) is 17.9. The third-order valence-electron chi connectivity index (χ3n) is 3.83. The summed E-state index contributed by atoms with van der Waals surface area (Å²) in [5, 5.41) is 2.98. The van der Waals surface area contributed by atoms with Crippen LogP contribution in [0.25, 0.3) is 0 Å². The highest BCUT2D eigenvalue weighted by atomic mass is 16.2. The van der Waals surface area contributed by atoms with Gasteiger partial charge >= 0.3 is 0 Å². The Morgan fingerprint density at radius 1 is 1.05 bits per heavy atom. The molecule has 0 saturated heterocycles. The molecular formula is C14H29N3O2. The fourth-order valence-corrected chi connectivity index (χ4v) is 2.08. The summed E-state index contributed by atoms with van der Waals surface area (Å²) < 4.78 is 0. The van der Waals surface area contributed by atoms with Gasteiger partial charge in [-0.1, -0.05) is 13.8 Å². The van der Waals surface area contributed by atoms with Gasteiger partial charge in [0, 0.05) is 32.5 Å². The van der Waals surface area contributed by atoms with Crippen LogP contribution in [0.3, 0.4) is 0 Å². The van der Waals surface area contributed by atoms with Crippen molar-refractivity contribution in [2.75, 3.05) is 19.6 Å². The van der Waals surface area contributed by atoms with E-state index in [1.165, 1.54) is 0 Å². The summed E-state index contributed by atoms with van der Waals surface area (Å²) in [7, 11) is 0. The molecule has 0 bridgehead atoms. The normalized spacial score (nSPS) is 11.2. The van der Waals surface area contributed by atoms with Crippen LogP contribution in [0, 0.1) is 0 Å². The van der Waals surface area contributed by atoms with Gasteiger partial charge in [-0.05, 0) is 26.7 Å². The number of rotatable bonds is 9. The zero-order valence-corrected chi connectivity index (χ0v) is 12.8. The molecule has 0 aromatic rings. The average Bonchev–Trinajstić information content (AvgIpc) is 2.44. The first-order valence-electron chi connectivity index (χ1n) is 7.27. The molecule has 0 aromatic heterocycles. The van der Waals surface area contributed by atoms with Gasteiger partial charge in [0.15, 0.2) is 0 Å². The molecule has 0 rings (SSSR count). The Balaban J connectivity index is 4.29. The Bertz CT molecular complexity index is 276. The smallest absolute Gasteiger partial charge is 0.223 e. The summed E-state index contributed by atoms with van der Waals surface area (Å²) in [4.78, 5) is 25.4. The fraction of sp³-hybridized carbons (Fsp3) is 0.857. The second-order valence-corrected chi connectivity index (χ2v) is 4.81. The molecule has 0 unspecified atom stereocenters. The molecule has 0 atom stereocenters. The molecule has 5 heteroatoms. The van der Waals surface area contributed by atoms with E-state index in [-0.39, 0.29) is 30.2 Å². The molecule has 0 fully saturated rings. The number of nitrogens with one attached hydrogen (secondary N) is 1. The predicted molar refractivity (Wildman–Crippen MR) is 77.7 cm³/mol. The number of carbonyl (C=O) groups excluding carboxylic acids is 2. The van der Waals surface area contributed by atoms with Gasteiger partial charge in [-0.3, -0.25) is 9.59 Å². The van der Waals surface area contributed by atoms with Crippen molar-refractivity contribution < 1.29 is 9.59 Å². The third-order valence-corrected chi connectivity index (χ3v) is 3.83. The van der Waals surface area contributed by atoms with E-state index in [2.05, 4.69) is 5.32 Å². The highest BCUT2D eigenvalue weighted by molar-refractivity contribution is 5.84. The molecule has 0 saturated carbocycles. The van der Waals surface area contributed by atoms with Gasteiger partial charge in [-0.2, -0.15) is 0 Å². The number of nitrogens with zero attached hydrogens (tertiary/aromatic N) is 1. The lowest BCUT2D eigenvalue weighted by Crippen LogP contribution is -2.53. The maximum Gasteiger partial charge on any atom is 0.223 e. The van der Waals surface area contributed by atoms with Crippen molar-refractivity contribution in [3.63, 3.8) is 0 Å². The lowest BCUT2D eigenvalue weighted by molar-refractivity contribution is -0.133. The molecule has 3 N–H and O–H groups in total. The maximum absolute atomic E-state index is 11.9. The summed E-state index contributed by atoms with van der Waals surface area (Å²) in [6, 6.07) is 0. The van der Waals surface area contributed by atoms with E-state index in [0.29, 0.717) is 19.6 Å². The topological polar surface area (TPSA) is 75.4 Å². The molecule has 2 amide bonds. The monoisotopic (exact) mass is 271 g/mol. The van der Waals surface area contributed by atoms with E-state index in [9.17, 15) is 9.59 Å². The Kier molecular flexibility index (Phi) is 8.39. The third kappa shape index (κ3) is 5.59. The summed E-state index contributed by atoms with van der Waals surface area (Å²) in [5.74, 6) is -0.0545. The molecule has 0 aromatic carbocycles.